The first-order valence-electron chi connectivity index (χ1n) is 9.88. The molecule has 1 amide bonds. The predicted molar refractivity (Wildman–Crippen MR) is 122 cm³/mol. The number of methoxy groups -OCH3 is 1. The van der Waals surface area contributed by atoms with Crippen LogP contribution in [0.4, 0.5) is 0 Å². The number of benzene rings is 2. The lowest BCUT2D eigenvalue weighted by atomic mass is 10.0. The summed E-state index contributed by atoms with van der Waals surface area (Å²) >= 11 is 6.17. The third-order valence-electron chi connectivity index (χ3n) is 4.77. The molecule has 0 unspecified atom stereocenters. The number of amides is 1. The highest BCUT2D eigenvalue weighted by molar-refractivity contribution is 7.89. The van der Waals surface area contributed by atoms with Crippen molar-refractivity contribution in [1.82, 2.24) is 15.0 Å². The van der Waals surface area contributed by atoms with Crippen LogP contribution in [0.3, 0.4) is 0 Å². The SMILES string of the molecule is COC(=O)[C@@H](Cc1c[nH]c2ccccc12)NC(=O)c1cc(S(=O)(=O)NC(C)C)ccc1Cl. The number of hydrogen-bond donors (Lipinski definition) is 3. The molecule has 0 aliphatic heterocycles. The average Bonchev–Trinajstić information content (AvgIpc) is 3.14. The van der Waals surface area contributed by atoms with Gasteiger partial charge in [0.05, 0.1) is 22.6 Å². The molecule has 0 saturated heterocycles. The number of sulfonamides is 1. The second-order valence-corrected chi connectivity index (χ2v) is 9.65. The summed E-state index contributed by atoms with van der Waals surface area (Å²) in [6.45, 7) is 3.37. The van der Waals surface area contributed by atoms with Gasteiger partial charge >= 0.3 is 5.97 Å². The number of carbonyl (C=O) groups is 2. The molecule has 3 N–H and O–H groups in total. The Kier molecular flexibility index (Phi) is 7.22. The molecule has 170 valence electrons. The topological polar surface area (TPSA) is 117 Å². The minimum absolute atomic E-state index is 0.0571. The number of hydrogen-bond acceptors (Lipinski definition) is 5. The molecule has 3 aromatic rings. The van der Waals surface area contributed by atoms with Gasteiger partial charge in [-0.25, -0.2) is 17.9 Å². The maximum Gasteiger partial charge on any atom is 0.328 e. The van der Waals surface area contributed by atoms with Crippen LogP contribution in [0, 0.1) is 0 Å². The Hall–Kier alpha value is -2.88. The highest BCUT2D eigenvalue weighted by Gasteiger charge is 2.26. The van der Waals surface area contributed by atoms with Crippen molar-refractivity contribution >= 4 is 44.4 Å². The van der Waals surface area contributed by atoms with Crippen LogP contribution in [0.15, 0.2) is 53.6 Å². The third kappa shape index (κ3) is 5.29. The monoisotopic (exact) mass is 477 g/mol. The van der Waals surface area contributed by atoms with E-state index >= 15 is 0 Å². The largest absolute Gasteiger partial charge is 0.467 e. The Morgan fingerprint density at radius 1 is 1.16 bits per heavy atom. The smallest absolute Gasteiger partial charge is 0.328 e. The molecular weight excluding hydrogens is 454 g/mol. The number of carbonyl (C=O) groups excluding carboxylic acids is 2. The summed E-state index contributed by atoms with van der Waals surface area (Å²) in [5.74, 6) is -1.32. The van der Waals surface area contributed by atoms with Crippen molar-refractivity contribution in [2.75, 3.05) is 7.11 Å². The quantitative estimate of drug-likeness (QED) is 0.431. The van der Waals surface area contributed by atoms with E-state index in [0.717, 1.165) is 16.5 Å². The summed E-state index contributed by atoms with van der Waals surface area (Å²) in [6.07, 6.45) is 1.94. The molecule has 0 saturated carbocycles. The molecule has 1 atom stereocenters. The van der Waals surface area contributed by atoms with Gasteiger partial charge in [0.25, 0.3) is 5.91 Å². The molecule has 1 heterocycles. The first kappa shape index (κ1) is 23.8. The maximum absolute atomic E-state index is 13.0. The Bertz CT molecular complexity index is 1250. The van der Waals surface area contributed by atoms with Crippen LogP contribution >= 0.6 is 11.6 Å². The lowest BCUT2D eigenvalue weighted by Gasteiger charge is -2.17. The molecule has 2 aromatic carbocycles. The standard InChI is InChI=1S/C22H24ClN3O5S/c1-13(2)26-32(29,30)15-8-9-18(23)17(11-15)21(27)25-20(22(28)31-3)10-14-12-24-19-7-5-4-6-16(14)19/h4-9,11-13,20,24,26H,10H2,1-3H3,(H,25,27)/t20-/m1/s1. The Morgan fingerprint density at radius 3 is 2.56 bits per heavy atom. The molecule has 3 rings (SSSR count). The van der Waals surface area contributed by atoms with E-state index in [1.165, 1.54) is 25.3 Å². The van der Waals surface area contributed by atoms with E-state index < -0.39 is 27.9 Å². The lowest BCUT2D eigenvalue weighted by Crippen LogP contribution is -2.43. The van der Waals surface area contributed by atoms with Gasteiger partial charge in [-0.15, -0.1) is 0 Å². The number of H-pyrrole nitrogens is 1. The Morgan fingerprint density at radius 2 is 1.88 bits per heavy atom. The molecule has 10 heteroatoms. The van der Waals surface area contributed by atoms with Crippen LogP contribution < -0.4 is 10.0 Å². The first-order valence-corrected chi connectivity index (χ1v) is 11.7. The van der Waals surface area contributed by atoms with E-state index in [9.17, 15) is 18.0 Å². The number of fused-ring (bicyclic) bond motifs is 1. The zero-order valence-corrected chi connectivity index (χ0v) is 19.4. The third-order valence-corrected chi connectivity index (χ3v) is 6.76. The normalized spacial score (nSPS) is 12.7. The number of halogens is 1. The highest BCUT2D eigenvalue weighted by Crippen LogP contribution is 2.22. The van der Waals surface area contributed by atoms with E-state index in [2.05, 4.69) is 15.0 Å². The second kappa shape index (κ2) is 9.72. The zero-order valence-electron chi connectivity index (χ0n) is 17.8. The van der Waals surface area contributed by atoms with Crippen molar-refractivity contribution in [2.24, 2.45) is 0 Å². The predicted octanol–water partition coefficient (Wildman–Crippen LogP) is 3.02. The minimum atomic E-state index is -3.83. The van der Waals surface area contributed by atoms with Gasteiger partial charge in [-0.05, 0) is 43.7 Å². The van der Waals surface area contributed by atoms with Crippen LogP contribution in [-0.4, -0.2) is 44.5 Å². The summed E-state index contributed by atoms with van der Waals surface area (Å²) in [5, 5.41) is 3.60. The van der Waals surface area contributed by atoms with E-state index in [4.69, 9.17) is 16.3 Å². The number of ether oxygens (including phenoxy) is 1. The van der Waals surface area contributed by atoms with Crippen molar-refractivity contribution < 1.29 is 22.7 Å². The minimum Gasteiger partial charge on any atom is -0.467 e. The van der Waals surface area contributed by atoms with Gasteiger partial charge in [-0.2, -0.15) is 0 Å². The fourth-order valence-corrected chi connectivity index (χ4v) is 4.80. The summed E-state index contributed by atoms with van der Waals surface area (Å²) < 4.78 is 32.3. The molecule has 0 spiro atoms. The average molecular weight is 478 g/mol. The lowest BCUT2D eigenvalue weighted by molar-refractivity contribution is -0.142. The molecular formula is C22H24ClN3O5S. The summed E-state index contributed by atoms with van der Waals surface area (Å²) in [4.78, 5) is 28.4. The molecule has 0 bridgehead atoms. The maximum atomic E-state index is 13.0. The van der Waals surface area contributed by atoms with Gasteiger partial charge in [0.2, 0.25) is 10.0 Å². The number of aromatic nitrogens is 1. The second-order valence-electron chi connectivity index (χ2n) is 7.53. The number of esters is 1. The Balaban J connectivity index is 1.88. The molecule has 32 heavy (non-hydrogen) atoms. The number of nitrogens with one attached hydrogen (secondary N) is 3. The Labute approximate surface area is 191 Å². The van der Waals surface area contributed by atoms with Crippen molar-refractivity contribution in [1.29, 1.82) is 0 Å². The van der Waals surface area contributed by atoms with Crippen molar-refractivity contribution in [2.45, 2.75) is 37.2 Å². The van der Waals surface area contributed by atoms with Gasteiger partial charge in [0, 0.05) is 29.6 Å². The van der Waals surface area contributed by atoms with Gasteiger partial charge in [-0.1, -0.05) is 29.8 Å². The number of rotatable bonds is 8. The van der Waals surface area contributed by atoms with E-state index in [1.807, 2.05) is 24.3 Å². The van der Waals surface area contributed by atoms with Gasteiger partial charge < -0.3 is 15.0 Å². The number of aromatic amines is 1. The van der Waals surface area contributed by atoms with Crippen molar-refractivity contribution in [3.05, 3.63) is 64.8 Å². The van der Waals surface area contributed by atoms with Crippen molar-refractivity contribution in [3.63, 3.8) is 0 Å². The van der Waals surface area contributed by atoms with E-state index in [-0.39, 0.29) is 27.9 Å². The number of para-hydroxylation sites is 1. The van der Waals surface area contributed by atoms with Crippen LogP contribution in [0.1, 0.15) is 29.8 Å². The molecule has 1 aromatic heterocycles. The fraction of sp³-hybridized carbons (Fsp3) is 0.273. The zero-order chi connectivity index (χ0) is 23.5. The van der Waals surface area contributed by atoms with Gasteiger partial charge in [0.1, 0.15) is 6.04 Å². The summed E-state index contributed by atoms with van der Waals surface area (Å²) in [6, 6.07) is 10.1. The first-order chi connectivity index (χ1) is 15.1. The van der Waals surface area contributed by atoms with E-state index in [1.54, 1.807) is 20.0 Å². The van der Waals surface area contributed by atoms with Crippen LogP contribution in [-0.2, 0) is 26.0 Å². The molecule has 0 fully saturated rings. The molecule has 0 aliphatic carbocycles. The molecule has 0 aliphatic rings. The van der Waals surface area contributed by atoms with Crippen LogP contribution in [0.25, 0.3) is 10.9 Å². The van der Waals surface area contributed by atoms with E-state index in [0.29, 0.717) is 0 Å². The highest BCUT2D eigenvalue weighted by atomic mass is 35.5. The molecule has 0 radical (unpaired) electrons. The van der Waals surface area contributed by atoms with Crippen LogP contribution in [0.2, 0.25) is 5.02 Å². The van der Waals surface area contributed by atoms with Crippen LogP contribution in [0.5, 0.6) is 0 Å². The summed E-state index contributed by atoms with van der Waals surface area (Å²) in [7, 11) is -2.60. The van der Waals surface area contributed by atoms with Gasteiger partial charge in [0.15, 0.2) is 0 Å². The fourth-order valence-electron chi connectivity index (χ4n) is 3.32. The summed E-state index contributed by atoms with van der Waals surface area (Å²) in [5.41, 5.74) is 1.65. The van der Waals surface area contributed by atoms with Gasteiger partial charge in [-0.3, -0.25) is 4.79 Å². The van der Waals surface area contributed by atoms with Crippen molar-refractivity contribution in [3.8, 4) is 0 Å². The molecule has 8 nitrogen and oxygen atoms in total.